The van der Waals surface area contributed by atoms with Crippen molar-refractivity contribution < 1.29 is 42.8 Å². The molecule has 0 amide bonds. The van der Waals surface area contributed by atoms with E-state index >= 15 is 0 Å². The minimum absolute atomic E-state index is 0.0511. The van der Waals surface area contributed by atoms with E-state index in [-0.39, 0.29) is 23.2 Å². The fourth-order valence-corrected chi connectivity index (χ4v) is 6.39. The number of fused-ring (bicyclic) bond motifs is 1. The van der Waals surface area contributed by atoms with Crippen LogP contribution in [0.25, 0.3) is 0 Å². The molecule has 48 heavy (non-hydrogen) atoms. The molecule has 2 heterocycles. The number of rotatable bonds is 12. The lowest BCUT2D eigenvalue weighted by molar-refractivity contribution is -0.134. The smallest absolute Gasteiger partial charge is 0.328 e. The van der Waals surface area contributed by atoms with Crippen LogP contribution in [-0.2, 0) is 26.3 Å². The van der Waals surface area contributed by atoms with E-state index in [9.17, 15) is 18.4 Å². The van der Waals surface area contributed by atoms with Gasteiger partial charge in [-0.25, -0.2) is 18.4 Å². The Labute approximate surface area is 280 Å². The predicted molar refractivity (Wildman–Crippen MR) is 178 cm³/mol. The van der Waals surface area contributed by atoms with Gasteiger partial charge in [-0.1, -0.05) is 31.2 Å². The molecule has 0 radical (unpaired) electrons. The summed E-state index contributed by atoms with van der Waals surface area (Å²) in [5.74, 6) is -1.45. The molecule has 258 valence electrons. The van der Waals surface area contributed by atoms with Gasteiger partial charge in [0.1, 0.15) is 11.6 Å². The lowest BCUT2D eigenvalue weighted by Crippen LogP contribution is -2.49. The maximum Gasteiger partial charge on any atom is 0.328 e. The van der Waals surface area contributed by atoms with Crippen molar-refractivity contribution in [1.82, 2.24) is 9.80 Å². The number of nitrogens with zero attached hydrogens (tertiary/aromatic N) is 2. The number of carboxylic acids is 2. The highest BCUT2D eigenvalue weighted by Crippen LogP contribution is 2.43. The first-order valence-corrected chi connectivity index (χ1v) is 16.1. The zero-order chi connectivity index (χ0) is 34.7. The highest BCUT2D eigenvalue weighted by atomic mass is 19.1. The fourth-order valence-electron chi connectivity index (χ4n) is 6.39. The zero-order valence-electron chi connectivity index (χ0n) is 27.7. The van der Waals surface area contributed by atoms with E-state index < -0.39 is 11.9 Å². The van der Waals surface area contributed by atoms with E-state index in [1.807, 2.05) is 24.3 Å². The van der Waals surface area contributed by atoms with Crippen LogP contribution in [-0.4, -0.2) is 92.0 Å². The average Bonchev–Trinajstić information content (AvgIpc) is 3.10. The van der Waals surface area contributed by atoms with Crippen molar-refractivity contribution in [2.45, 2.75) is 37.7 Å². The van der Waals surface area contributed by atoms with E-state index in [1.54, 1.807) is 14.2 Å². The Bertz CT molecular complexity index is 1480. The number of methoxy groups -OCH3 is 2. The summed E-state index contributed by atoms with van der Waals surface area (Å²) in [6, 6.07) is 17.6. The maximum absolute atomic E-state index is 13.6. The highest BCUT2D eigenvalue weighted by molar-refractivity contribution is 5.89. The standard InChI is InChI=1S/C33H40F2N2O3.C4H4O4/c1-4-33(30-22-32(39-3)31(38-2)21-26(30)13-20-40-33)14-15-36-16-18-37(19-17-36)23-29(24-5-9-27(34)10-6-24)25-7-11-28(35)12-8-25;5-3(6)1-2-4(7)8/h5-12,21-22,29H,4,13-20,23H2,1-3H3;1-2H,(H,5,6)(H,7,8)/b;2-1-. The van der Waals surface area contributed by atoms with Gasteiger partial charge in [-0.3, -0.25) is 4.90 Å². The van der Waals surface area contributed by atoms with Crippen LogP contribution >= 0.6 is 0 Å². The van der Waals surface area contributed by atoms with Crippen LogP contribution in [0.5, 0.6) is 11.5 Å². The fraction of sp³-hybridized carbons (Fsp3) is 0.405. The molecule has 0 aromatic heterocycles. The van der Waals surface area contributed by atoms with Gasteiger partial charge in [0.25, 0.3) is 0 Å². The summed E-state index contributed by atoms with van der Waals surface area (Å²) < 4.78 is 44.9. The maximum atomic E-state index is 13.6. The third-order valence-electron chi connectivity index (χ3n) is 9.07. The quantitative estimate of drug-likeness (QED) is 0.235. The number of aliphatic carboxylic acids is 2. The Hall–Kier alpha value is -4.32. The van der Waals surface area contributed by atoms with E-state index in [0.29, 0.717) is 18.8 Å². The van der Waals surface area contributed by atoms with Crippen LogP contribution in [0, 0.1) is 11.6 Å². The lowest BCUT2D eigenvalue weighted by atomic mass is 9.81. The summed E-state index contributed by atoms with van der Waals surface area (Å²) in [6.07, 6.45) is 3.80. The minimum atomic E-state index is -1.26. The molecule has 2 N–H and O–H groups in total. The van der Waals surface area contributed by atoms with Crippen molar-refractivity contribution in [2.24, 2.45) is 0 Å². The Balaban J connectivity index is 0.000000579. The SMILES string of the molecule is CCC1(CCN2CCN(CC(c3ccc(F)cc3)c3ccc(F)cc3)CC2)OCCc2cc(OC)c(OC)cc21.O=C(O)/C=C\C(=O)O. The summed E-state index contributed by atoms with van der Waals surface area (Å²) in [6.45, 7) is 8.50. The molecule has 1 fully saturated rings. The monoisotopic (exact) mass is 666 g/mol. The summed E-state index contributed by atoms with van der Waals surface area (Å²) >= 11 is 0. The molecule has 1 saturated heterocycles. The van der Waals surface area contributed by atoms with E-state index in [1.165, 1.54) is 35.4 Å². The third-order valence-corrected chi connectivity index (χ3v) is 9.07. The van der Waals surface area contributed by atoms with Crippen molar-refractivity contribution >= 4 is 11.9 Å². The molecule has 0 aliphatic carbocycles. The molecule has 0 spiro atoms. The zero-order valence-corrected chi connectivity index (χ0v) is 27.7. The van der Waals surface area contributed by atoms with Gasteiger partial charge in [-0.15, -0.1) is 0 Å². The molecule has 5 rings (SSSR count). The molecule has 2 aliphatic heterocycles. The van der Waals surface area contributed by atoms with Gasteiger partial charge in [-0.05, 0) is 77.9 Å². The van der Waals surface area contributed by atoms with Crippen molar-refractivity contribution in [1.29, 1.82) is 0 Å². The number of hydrogen-bond acceptors (Lipinski definition) is 7. The summed E-state index contributed by atoms with van der Waals surface area (Å²) in [5, 5.41) is 15.6. The molecule has 0 bridgehead atoms. The number of piperazine rings is 1. The molecular formula is C37H44F2N2O7. The highest BCUT2D eigenvalue weighted by Gasteiger charge is 2.38. The van der Waals surface area contributed by atoms with Gasteiger partial charge in [0.05, 0.1) is 26.4 Å². The van der Waals surface area contributed by atoms with Crippen LogP contribution < -0.4 is 9.47 Å². The average molecular weight is 667 g/mol. The van der Waals surface area contributed by atoms with Crippen LogP contribution in [0.15, 0.2) is 72.8 Å². The molecule has 2 aliphatic rings. The number of carboxylic acid groups (broad SMARTS) is 2. The van der Waals surface area contributed by atoms with Gasteiger partial charge >= 0.3 is 11.9 Å². The molecule has 1 unspecified atom stereocenters. The number of ether oxygens (including phenoxy) is 3. The number of hydrogen-bond donors (Lipinski definition) is 2. The number of benzene rings is 3. The second-order valence-corrected chi connectivity index (χ2v) is 11.9. The predicted octanol–water partition coefficient (Wildman–Crippen LogP) is 5.71. The molecule has 3 aromatic rings. The molecular weight excluding hydrogens is 622 g/mol. The second-order valence-electron chi connectivity index (χ2n) is 11.9. The van der Waals surface area contributed by atoms with Crippen molar-refractivity contribution in [3.63, 3.8) is 0 Å². The topological polar surface area (TPSA) is 109 Å². The number of halogens is 2. The Kier molecular flexibility index (Phi) is 13.1. The van der Waals surface area contributed by atoms with E-state index in [2.05, 4.69) is 28.9 Å². The molecule has 1 atom stereocenters. The largest absolute Gasteiger partial charge is 0.493 e. The molecule has 0 saturated carbocycles. The van der Waals surface area contributed by atoms with E-state index in [4.69, 9.17) is 24.4 Å². The molecule has 9 nitrogen and oxygen atoms in total. The van der Waals surface area contributed by atoms with Gasteiger partial charge in [0.2, 0.25) is 0 Å². The normalized spacial score (nSPS) is 18.2. The summed E-state index contributed by atoms with van der Waals surface area (Å²) in [7, 11) is 3.36. The second kappa shape index (κ2) is 17.2. The van der Waals surface area contributed by atoms with Gasteiger partial charge < -0.3 is 29.3 Å². The molecule has 11 heteroatoms. The molecule has 3 aromatic carbocycles. The van der Waals surface area contributed by atoms with Gasteiger partial charge in [0, 0.05) is 57.3 Å². The van der Waals surface area contributed by atoms with Crippen LogP contribution in [0.1, 0.15) is 47.9 Å². The first-order chi connectivity index (χ1) is 23.1. The third kappa shape index (κ3) is 9.62. The van der Waals surface area contributed by atoms with Crippen molar-refractivity contribution in [3.05, 3.63) is 107 Å². The van der Waals surface area contributed by atoms with Crippen LogP contribution in [0.3, 0.4) is 0 Å². The Morgan fingerprint density at radius 3 is 1.83 bits per heavy atom. The van der Waals surface area contributed by atoms with Crippen LogP contribution in [0.2, 0.25) is 0 Å². The first kappa shape index (κ1) is 36.5. The van der Waals surface area contributed by atoms with Gasteiger partial charge in [0.15, 0.2) is 11.5 Å². The van der Waals surface area contributed by atoms with E-state index in [0.717, 1.165) is 81.2 Å². The summed E-state index contributed by atoms with van der Waals surface area (Å²) in [5.41, 5.74) is 4.25. The Morgan fingerprint density at radius 2 is 1.35 bits per heavy atom. The minimum Gasteiger partial charge on any atom is -0.493 e. The summed E-state index contributed by atoms with van der Waals surface area (Å²) in [4.78, 5) is 24.1. The first-order valence-electron chi connectivity index (χ1n) is 16.1. The van der Waals surface area contributed by atoms with Crippen LogP contribution in [0.4, 0.5) is 8.78 Å². The lowest BCUT2D eigenvalue weighted by Gasteiger charge is -2.42. The number of carbonyl (C=O) groups is 2. The van der Waals surface area contributed by atoms with Gasteiger partial charge in [-0.2, -0.15) is 0 Å². The Morgan fingerprint density at radius 1 is 0.854 bits per heavy atom. The van der Waals surface area contributed by atoms with Crippen molar-refractivity contribution in [2.75, 3.05) is 60.1 Å². The van der Waals surface area contributed by atoms with Crippen molar-refractivity contribution in [3.8, 4) is 11.5 Å².